The van der Waals surface area contributed by atoms with Gasteiger partial charge in [-0.15, -0.1) is 0 Å². The summed E-state index contributed by atoms with van der Waals surface area (Å²) < 4.78 is 1.99. The number of hydrogen-bond donors (Lipinski definition) is 1. The largest absolute Gasteiger partial charge is 0.369 e. The van der Waals surface area contributed by atoms with Gasteiger partial charge in [-0.05, 0) is 47.0 Å². The third-order valence-electron chi connectivity index (χ3n) is 3.52. The molecule has 0 spiro atoms. The van der Waals surface area contributed by atoms with Crippen molar-refractivity contribution < 1.29 is 0 Å². The third kappa shape index (κ3) is 2.18. The number of nitrogen functional groups attached to an aromatic ring is 1. The van der Waals surface area contributed by atoms with Crippen LogP contribution < -0.4 is 5.73 Å². The Labute approximate surface area is 108 Å². The molecule has 18 heavy (non-hydrogen) atoms. The maximum Gasteiger partial charge on any atom is 0.202 e. The van der Waals surface area contributed by atoms with Gasteiger partial charge >= 0.3 is 0 Å². The fourth-order valence-corrected chi connectivity index (χ4v) is 1.80. The van der Waals surface area contributed by atoms with Gasteiger partial charge in [0, 0.05) is 17.8 Å². The number of pyridine rings is 1. The van der Waals surface area contributed by atoms with Gasteiger partial charge in [0.25, 0.3) is 0 Å². The summed E-state index contributed by atoms with van der Waals surface area (Å²) in [4.78, 5) is 11.1. The second kappa shape index (κ2) is 4.24. The minimum absolute atomic E-state index is 0.00677. The van der Waals surface area contributed by atoms with E-state index in [2.05, 4.69) is 42.8 Å². The predicted octanol–water partition coefficient (Wildman–Crippen LogP) is 1.66. The zero-order valence-corrected chi connectivity index (χ0v) is 11.7. The molecule has 0 aromatic carbocycles. The topological polar surface area (TPSA) is 60.0 Å². The number of hydrogen-bond acceptors (Lipinski definition) is 4. The lowest BCUT2D eigenvalue weighted by Crippen LogP contribution is -2.42. The van der Waals surface area contributed by atoms with Gasteiger partial charge in [0.05, 0.1) is 0 Å². The lowest BCUT2D eigenvalue weighted by Gasteiger charge is -2.33. The van der Waals surface area contributed by atoms with E-state index in [0.29, 0.717) is 5.95 Å². The molecule has 2 rings (SSSR count). The lowest BCUT2D eigenvalue weighted by atomic mass is 10.0. The molecular formula is C13H21N5. The van der Waals surface area contributed by atoms with Gasteiger partial charge in [-0.1, -0.05) is 0 Å². The number of likely N-dealkylation sites (N-methyl/N-ethyl adjacent to an activating group) is 1. The SMILES string of the molecule is Cc1ccc2nc(N)n(CC(C)(C)N(C)C)c2n1. The number of aryl methyl sites for hydroxylation is 1. The monoisotopic (exact) mass is 247 g/mol. The van der Waals surface area contributed by atoms with Gasteiger partial charge in [0.2, 0.25) is 5.95 Å². The quantitative estimate of drug-likeness (QED) is 0.896. The van der Waals surface area contributed by atoms with E-state index < -0.39 is 0 Å². The van der Waals surface area contributed by atoms with Crippen molar-refractivity contribution in [2.75, 3.05) is 19.8 Å². The van der Waals surface area contributed by atoms with Gasteiger partial charge in [-0.25, -0.2) is 9.97 Å². The average molecular weight is 247 g/mol. The Kier molecular flexibility index (Phi) is 3.02. The molecule has 2 heterocycles. The van der Waals surface area contributed by atoms with E-state index in [1.165, 1.54) is 0 Å². The van der Waals surface area contributed by atoms with Crippen LogP contribution >= 0.6 is 0 Å². The van der Waals surface area contributed by atoms with E-state index in [4.69, 9.17) is 5.73 Å². The Morgan fingerprint density at radius 2 is 1.94 bits per heavy atom. The highest BCUT2D eigenvalue weighted by atomic mass is 15.2. The van der Waals surface area contributed by atoms with Crippen molar-refractivity contribution >= 4 is 17.1 Å². The highest BCUT2D eigenvalue weighted by Gasteiger charge is 2.23. The molecule has 0 fully saturated rings. The van der Waals surface area contributed by atoms with Gasteiger partial charge in [-0.3, -0.25) is 4.57 Å². The summed E-state index contributed by atoms with van der Waals surface area (Å²) in [5.41, 5.74) is 8.69. The first-order valence-corrected chi connectivity index (χ1v) is 6.08. The van der Waals surface area contributed by atoms with Crippen LogP contribution in [0.25, 0.3) is 11.2 Å². The molecule has 2 N–H and O–H groups in total. The summed E-state index contributed by atoms with van der Waals surface area (Å²) in [6, 6.07) is 3.92. The molecule has 0 unspecified atom stereocenters. The molecule has 0 atom stereocenters. The molecule has 0 aliphatic rings. The van der Waals surface area contributed by atoms with Crippen molar-refractivity contribution in [1.82, 2.24) is 19.4 Å². The highest BCUT2D eigenvalue weighted by molar-refractivity contribution is 5.74. The zero-order valence-electron chi connectivity index (χ0n) is 11.7. The van der Waals surface area contributed by atoms with E-state index in [9.17, 15) is 0 Å². The molecule has 0 radical (unpaired) electrons. The van der Waals surface area contributed by atoms with Crippen molar-refractivity contribution in [3.63, 3.8) is 0 Å². The minimum atomic E-state index is -0.00677. The molecule has 0 bridgehead atoms. The number of imidazole rings is 1. The van der Waals surface area contributed by atoms with Gasteiger partial charge in [0.15, 0.2) is 5.65 Å². The molecule has 0 amide bonds. The summed E-state index contributed by atoms with van der Waals surface area (Å²) >= 11 is 0. The maximum atomic E-state index is 6.00. The lowest BCUT2D eigenvalue weighted by molar-refractivity contribution is 0.172. The molecular weight excluding hydrogens is 226 g/mol. The molecule has 5 nitrogen and oxygen atoms in total. The normalized spacial score (nSPS) is 12.6. The van der Waals surface area contributed by atoms with Crippen molar-refractivity contribution in [3.05, 3.63) is 17.8 Å². The number of anilines is 1. The van der Waals surface area contributed by atoms with E-state index in [0.717, 1.165) is 23.4 Å². The summed E-state index contributed by atoms with van der Waals surface area (Å²) in [6.07, 6.45) is 0. The zero-order chi connectivity index (χ0) is 13.5. The Morgan fingerprint density at radius 1 is 1.28 bits per heavy atom. The van der Waals surface area contributed by atoms with E-state index in [1.807, 2.05) is 23.6 Å². The Hall–Kier alpha value is -1.62. The van der Waals surface area contributed by atoms with Crippen LogP contribution in [-0.4, -0.2) is 39.1 Å². The first-order chi connectivity index (χ1) is 8.31. The number of nitrogens with two attached hydrogens (primary N) is 1. The van der Waals surface area contributed by atoms with Crippen LogP contribution in [0.1, 0.15) is 19.5 Å². The van der Waals surface area contributed by atoms with Crippen molar-refractivity contribution in [2.24, 2.45) is 0 Å². The Bertz CT molecular complexity index is 568. The van der Waals surface area contributed by atoms with Gasteiger partial charge in [-0.2, -0.15) is 0 Å². The first-order valence-electron chi connectivity index (χ1n) is 6.08. The third-order valence-corrected chi connectivity index (χ3v) is 3.52. The van der Waals surface area contributed by atoms with Gasteiger partial charge < -0.3 is 10.6 Å². The maximum absolute atomic E-state index is 6.00. The fraction of sp³-hybridized carbons (Fsp3) is 0.538. The summed E-state index contributed by atoms with van der Waals surface area (Å²) in [5, 5.41) is 0. The van der Waals surface area contributed by atoms with Gasteiger partial charge in [0.1, 0.15) is 5.52 Å². The number of aromatic nitrogens is 3. The van der Waals surface area contributed by atoms with Crippen molar-refractivity contribution in [2.45, 2.75) is 32.9 Å². The summed E-state index contributed by atoms with van der Waals surface area (Å²) in [7, 11) is 4.13. The second-order valence-electron chi connectivity index (χ2n) is 5.56. The van der Waals surface area contributed by atoms with Crippen molar-refractivity contribution in [3.8, 4) is 0 Å². The fourth-order valence-electron chi connectivity index (χ4n) is 1.80. The van der Waals surface area contributed by atoms with Crippen LogP contribution in [0.4, 0.5) is 5.95 Å². The number of fused-ring (bicyclic) bond motifs is 1. The van der Waals surface area contributed by atoms with Crippen molar-refractivity contribution in [1.29, 1.82) is 0 Å². The molecule has 98 valence electrons. The molecule has 5 heteroatoms. The molecule has 0 saturated heterocycles. The molecule has 0 aliphatic carbocycles. The standard InChI is InChI=1S/C13H21N5/c1-9-6-7-10-11(15-9)18(12(14)16-10)8-13(2,3)17(4)5/h6-7H,8H2,1-5H3,(H2,14,16). The van der Waals surface area contributed by atoms with Crippen LogP contribution in [-0.2, 0) is 6.54 Å². The smallest absolute Gasteiger partial charge is 0.202 e. The number of nitrogens with zero attached hydrogens (tertiary/aromatic N) is 4. The molecule has 0 saturated carbocycles. The molecule has 2 aromatic heterocycles. The second-order valence-corrected chi connectivity index (χ2v) is 5.56. The highest BCUT2D eigenvalue weighted by Crippen LogP contribution is 2.21. The van der Waals surface area contributed by atoms with Crippen LogP contribution in [0, 0.1) is 6.92 Å². The Balaban J connectivity index is 2.50. The van der Waals surface area contributed by atoms with E-state index >= 15 is 0 Å². The van der Waals surface area contributed by atoms with E-state index in [1.54, 1.807) is 0 Å². The first kappa shape index (κ1) is 12.8. The van der Waals surface area contributed by atoms with Crippen LogP contribution in [0.15, 0.2) is 12.1 Å². The molecule has 0 aliphatic heterocycles. The predicted molar refractivity (Wildman–Crippen MR) is 74.4 cm³/mol. The molecule has 2 aromatic rings. The summed E-state index contributed by atoms with van der Waals surface area (Å²) in [5.74, 6) is 0.526. The van der Waals surface area contributed by atoms with Crippen LogP contribution in [0.2, 0.25) is 0 Å². The average Bonchev–Trinajstić information content (AvgIpc) is 2.55. The van der Waals surface area contributed by atoms with E-state index in [-0.39, 0.29) is 5.54 Å². The van der Waals surface area contributed by atoms with Crippen LogP contribution in [0.3, 0.4) is 0 Å². The Morgan fingerprint density at radius 3 is 2.56 bits per heavy atom. The summed E-state index contributed by atoms with van der Waals surface area (Å²) in [6.45, 7) is 7.09. The minimum Gasteiger partial charge on any atom is -0.369 e. The number of rotatable bonds is 3. The van der Waals surface area contributed by atoms with Crippen LogP contribution in [0.5, 0.6) is 0 Å².